The Bertz CT molecular complexity index is 3950. The first-order valence-corrected chi connectivity index (χ1v) is 21.5. The Kier molecular flexibility index (Phi) is 9.59. The van der Waals surface area contributed by atoms with E-state index >= 15 is 0 Å². The van der Waals surface area contributed by atoms with Crippen LogP contribution in [0.3, 0.4) is 0 Å². The van der Waals surface area contributed by atoms with Crippen molar-refractivity contribution in [2.24, 2.45) is 0 Å². The summed E-state index contributed by atoms with van der Waals surface area (Å²) in [5.41, 5.74) is 12.1. The highest BCUT2D eigenvalue weighted by molar-refractivity contribution is 6.13. The monoisotopic (exact) mass is 869 g/mol. The quantitative estimate of drug-likeness (QED) is 0.156. The van der Waals surface area contributed by atoms with Gasteiger partial charge in [-0.2, -0.15) is 23.7 Å². The molecular formula is C59H34F3N5. The highest BCUT2D eigenvalue weighted by atomic mass is 19.4. The molecule has 0 unspecified atom stereocenters. The van der Waals surface area contributed by atoms with Crippen molar-refractivity contribution in [1.82, 2.24) is 9.13 Å². The highest BCUT2D eigenvalue weighted by Gasteiger charge is 2.34. The average molecular weight is 870 g/mol. The molecule has 0 amide bonds. The number of aromatic nitrogens is 2. The van der Waals surface area contributed by atoms with E-state index in [2.05, 4.69) is 74.6 Å². The maximum Gasteiger partial charge on any atom is 0.417 e. The van der Waals surface area contributed by atoms with E-state index in [4.69, 9.17) is 6.57 Å². The van der Waals surface area contributed by atoms with Crippen molar-refractivity contribution in [3.05, 3.63) is 222 Å². The van der Waals surface area contributed by atoms with Crippen LogP contribution in [0.15, 0.2) is 188 Å². The van der Waals surface area contributed by atoms with Crippen molar-refractivity contribution in [2.45, 2.75) is 13.1 Å². The maximum absolute atomic E-state index is 14.9. The summed E-state index contributed by atoms with van der Waals surface area (Å²) >= 11 is 0. The lowest BCUT2D eigenvalue weighted by molar-refractivity contribution is -0.137. The van der Waals surface area contributed by atoms with E-state index in [1.54, 1.807) is 49.4 Å². The second kappa shape index (κ2) is 15.8. The number of rotatable bonds is 6. The summed E-state index contributed by atoms with van der Waals surface area (Å²) < 4.78 is 49.0. The molecule has 0 aliphatic heterocycles. The second-order valence-electron chi connectivity index (χ2n) is 16.6. The van der Waals surface area contributed by atoms with Crippen molar-refractivity contribution in [2.75, 3.05) is 0 Å². The molecule has 0 radical (unpaired) electrons. The van der Waals surface area contributed by atoms with Crippen LogP contribution in [-0.2, 0) is 6.18 Å². The molecule has 2 heterocycles. The first kappa shape index (κ1) is 40.6. The van der Waals surface area contributed by atoms with E-state index < -0.39 is 11.7 Å². The van der Waals surface area contributed by atoms with Gasteiger partial charge in [-0.1, -0.05) is 115 Å². The van der Waals surface area contributed by atoms with Crippen LogP contribution >= 0.6 is 0 Å². The molecule has 0 saturated heterocycles. The molecule has 316 valence electrons. The number of hydrogen-bond donors (Lipinski definition) is 0. The van der Waals surface area contributed by atoms with Gasteiger partial charge >= 0.3 is 6.18 Å². The molecule has 2 aromatic heterocycles. The Morgan fingerprint density at radius 1 is 0.463 bits per heavy atom. The summed E-state index contributed by atoms with van der Waals surface area (Å²) in [6, 6.07) is 63.6. The molecule has 0 spiro atoms. The molecule has 5 nitrogen and oxygen atoms in total. The van der Waals surface area contributed by atoms with Crippen molar-refractivity contribution < 1.29 is 13.2 Å². The fraction of sp³-hybridized carbons (Fsp3) is 0.0339. The zero-order valence-electron chi connectivity index (χ0n) is 35.8. The number of hydrogen-bond acceptors (Lipinski definition) is 2. The number of benzene rings is 9. The normalized spacial score (nSPS) is 11.5. The van der Waals surface area contributed by atoms with Crippen LogP contribution in [0.25, 0.3) is 104 Å². The van der Waals surface area contributed by atoms with E-state index in [-0.39, 0.29) is 5.56 Å². The molecule has 67 heavy (non-hydrogen) atoms. The van der Waals surface area contributed by atoms with Gasteiger partial charge in [-0.15, -0.1) is 0 Å². The van der Waals surface area contributed by atoms with Gasteiger partial charge in [-0.25, -0.2) is 4.85 Å². The Hall–Kier alpha value is -9.16. The van der Waals surface area contributed by atoms with Gasteiger partial charge in [-0.3, -0.25) is 0 Å². The van der Waals surface area contributed by atoms with Gasteiger partial charge in [0.25, 0.3) is 0 Å². The average Bonchev–Trinajstić information content (AvgIpc) is 3.88. The number of aryl methyl sites for hydroxylation is 1. The third-order valence-electron chi connectivity index (χ3n) is 12.8. The first-order chi connectivity index (χ1) is 32.6. The lowest BCUT2D eigenvalue weighted by atomic mass is 9.91. The number of fused-ring (bicyclic) bond motifs is 6. The van der Waals surface area contributed by atoms with E-state index in [1.165, 1.54) is 6.07 Å². The van der Waals surface area contributed by atoms with Crippen molar-refractivity contribution in [3.8, 4) is 68.0 Å². The van der Waals surface area contributed by atoms with Gasteiger partial charge in [0.2, 0.25) is 0 Å². The van der Waals surface area contributed by atoms with Gasteiger partial charge in [0.1, 0.15) is 0 Å². The summed E-state index contributed by atoms with van der Waals surface area (Å²) in [7, 11) is 0. The molecule has 0 fully saturated rings. The van der Waals surface area contributed by atoms with Gasteiger partial charge in [0.05, 0.1) is 68.8 Å². The molecule has 11 aromatic rings. The lowest BCUT2D eigenvalue weighted by Gasteiger charge is -2.21. The Morgan fingerprint density at radius 3 is 1.49 bits per heavy atom. The van der Waals surface area contributed by atoms with Gasteiger partial charge in [-0.05, 0) is 119 Å². The number of nitriles is 2. The summed E-state index contributed by atoms with van der Waals surface area (Å²) in [6.45, 7) is 9.15. The number of para-hydroxylation sites is 2. The van der Waals surface area contributed by atoms with Crippen molar-refractivity contribution >= 4 is 49.3 Å². The van der Waals surface area contributed by atoms with E-state index in [1.807, 2.05) is 84.9 Å². The Labute approximate surface area is 383 Å². The number of halogens is 3. The fourth-order valence-corrected chi connectivity index (χ4v) is 9.69. The molecular weight excluding hydrogens is 836 g/mol. The van der Waals surface area contributed by atoms with Crippen LogP contribution in [0.5, 0.6) is 0 Å². The summed E-state index contributed by atoms with van der Waals surface area (Å²) in [6.07, 6.45) is -4.60. The molecule has 0 N–H and O–H groups in total. The van der Waals surface area contributed by atoms with Crippen molar-refractivity contribution in [1.29, 1.82) is 10.5 Å². The minimum absolute atomic E-state index is 0.106. The largest absolute Gasteiger partial charge is 0.417 e. The van der Waals surface area contributed by atoms with Crippen LogP contribution < -0.4 is 0 Å². The SMILES string of the molecule is [C-]#[N+]c1ccc(-c2ccc3c(c2)c2ccccc2n3-c2cc(-c3c(C)cccc3C(F)(F)F)ccc2-c2ccc(C#N)cc2-n2c3ccccc3c3cc(-c4ccc(C#N)cc4)ccc32)cc1. The van der Waals surface area contributed by atoms with Gasteiger partial charge in [0.15, 0.2) is 5.69 Å². The van der Waals surface area contributed by atoms with Gasteiger partial charge < -0.3 is 9.13 Å². The highest BCUT2D eigenvalue weighted by Crippen LogP contribution is 2.46. The smallest absolute Gasteiger partial charge is 0.309 e. The minimum atomic E-state index is -4.60. The minimum Gasteiger partial charge on any atom is -0.309 e. The zero-order chi connectivity index (χ0) is 46.0. The predicted octanol–water partition coefficient (Wildman–Crippen LogP) is 16.2. The third-order valence-corrected chi connectivity index (χ3v) is 12.8. The third kappa shape index (κ3) is 6.78. The zero-order valence-corrected chi connectivity index (χ0v) is 35.8. The van der Waals surface area contributed by atoms with Crippen LogP contribution in [0, 0.1) is 36.2 Å². The molecule has 0 aliphatic carbocycles. The van der Waals surface area contributed by atoms with Crippen LogP contribution in [0.2, 0.25) is 0 Å². The van der Waals surface area contributed by atoms with Crippen LogP contribution in [-0.4, -0.2) is 9.13 Å². The molecule has 8 heteroatoms. The molecule has 0 aliphatic rings. The number of alkyl halides is 3. The van der Waals surface area contributed by atoms with E-state index in [0.29, 0.717) is 33.6 Å². The molecule has 0 saturated carbocycles. The first-order valence-electron chi connectivity index (χ1n) is 21.5. The molecule has 9 aromatic carbocycles. The van der Waals surface area contributed by atoms with Crippen molar-refractivity contribution in [3.63, 3.8) is 0 Å². The molecule has 0 atom stereocenters. The Morgan fingerprint density at radius 2 is 0.940 bits per heavy atom. The summed E-state index contributed by atoms with van der Waals surface area (Å²) in [5, 5.41) is 23.7. The van der Waals surface area contributed by atoms with E-state index in [0.717, 1.165) is 88.7 Å². The summed E-state index contributed by atoms with van der Waals surface area (Å²) in [5.74, 6) is 0. The van der Waals surface area contributed by atoms with Gasteiger partial charge in [0, 0.05) is 32.7 Å². The molecule has 0 bridgehead atoms. The van der Waals surface area contributed by atoms with Crippen LogP contribution in [0.1, 0.15) is 22.3 Å². The predicted molar refractivity (Wildman–Crippen MR) is 262 cm³/mol. The fourth-order valence-electron chi connectivity index (χ4n) is 9.69. The summed E-state index contributed by atoms with van der Waals surface area (Å²) in [4.78, 5) is 3.56. The van der Waals surface area contributed by atoms with E-state index in [9.17, 15) is 23.7 Å². The maximum atomic E-state index is 14.9. The second-order valence-corrected chi connectivity index (χ2v) is 16.6. The molecule has 11 rings (SSSR count). The lowest BCUT2D eigenvalue weighted by Crippen LogP contribution is -2.08. The standard InChI is InChI=1S/C59H34F3N5/c1-36-8-7-11-51(59(60,61)62)58(36)43-21-27-48(57(33-43)67-53-13-6-4-10-46(53)50-32-42(23-29-55(50)67)40-19-24-44(65-2)25-20-40)47-26-16-38(35-64)30-56(47)66-52-12-5-3-9-45(52)49-31-41(22-28-54(49)66)39-17-14-37(34-63)15-18-39/h3-33H,1H3. The topological polar surface area (TPSA) is 61.8 Å². The number of nitrogens with zero attached hydrogens (tertiary/aromatic N) is 5. The Balaban J connectivity index is 1.21. The van der Waals surface area contributed by atoms with Crippen LogP contribution in [0.4, 0.5) is 18.9 Å².